The Labute approximate surface area is 244 Å². The second-order valence-electron chi connectivity index (χ2n) is 11.2. The van der Waals surface area contributed by atoms with Crippen molar-refractivity contribution in [3.8, 4) is 11.3 Å². The van der Waals surface area contributed by atoms with Gasteiger partial charge in [0.25, 0.3) is 0 Å². The number of ketones is 1. The van der Waals surface area contributed by atoms with Crippen LogP contribution in [0.2, 0.25) is 0 Å². The largest absolute Gasteiger partial charge is 0.462 e. The number of benzene rings is 2. The molecule has 12 heteroatoms. The molecule has 0 aliphatic heterocycles. The summed E-state index contributed by atoms with van der Waals surface area (Å²) in [5.41, 5.74) is 1.56. The second-order valence-corrected chi connectivity index (χ2v) is 13.1. The number of amides is 1. The van der Waals surface area contributed by atoms with Crippen LogP contribution in [0.1, 0.15) is 68.8 Å². The number of fused-ring (bicyclic) bond motifs is 1. The lowest BCUT2D eigenvalue weighted by atomic mass is 9.97. The summed E-state index contributed by atoms with van der Waals surface area (Å²) >= 11 is 0. The van der Waals surface area contributed by atoms with Crippen molar-refractivity contribution < 1.29 is 41.1 Å². The number of hydrogen-bond acceptors (Lipinski definition) is 8. The third kappa shape index (κ3) is 7.47. The number of esters is 1. The van der Waals surface area contributed by atoms with Gasteiger partial charge in [-0.25, -0.2) is 17.6 Å². The van der Waals surface area contributed by atoms with Gasteiger partial charge < -0.3 is 19.2 Å². The van der Waals surface area contributed by atoms with E-state index in [4.69, 9.17) is 13.9 Å². The molecule has 1 saturated carbocycles. The molecule has 226 valence electrons. The molecule has 42 heavy (non-hydrogen) atoms. The Morgan fingerprint density at radius 1 is 1.12 bits per heavy atom. The maximum atomic E-state index is 13.6. The topological polar surface area (TPSA) is 132 Å². The summed E-state index contributed by atoms with van der Waals surface area (Å²) in [4.78, 5) is 37.1. The van der Waals surface area contributed by atoms with Gasteiger partial charge in [0, 0.05) is 23.4 Å². The third-order valence-electron chi connectivity index (χ3n) is 6.56. The van der Waals surface area contributed by atoms with Crippen molar-refractivity contribution in [2.24, 2.45) is 0 Å². The van der Waals surface area contributed by atoms with Crippen molar-refractivity contribution in [1.29, 1.82) is 0 Å². The van der Waals surface area contributed by atoms with Gasteiger partial charge in [0.05, 0.1) is 24.1 Å². The van der Waals surface area contributed by atoms with Crippen molar-refractivity contribution >= 4 is 44.5 Å². The molecule has 4 rings (SSSR count). The van der Waals surface area contributed by atoms with E-state index in [0.29, 0.717) is 27.8 Å². The first kappa shape index (κ1) is 31.0. The predicted octanol–water partition coefficient (Wildman–Crippen LogP) is 5.54. The summed E-state index contributed by atoms with van der Waals surface area (Å²) in [5, 5.41) is 2.86. The molecule has 1 aliphatic rings. The highest BCUT2D eigenvalue weighted by atomic mass is 32.2. The minimum Gasteiger partial charge on any atom is -0.462 e. The van der Waals surface area contributed by atoms with E-state index >= 15 is 0 Å². The monoisotopic (exact) mass is 602 g/mol. The van der Waals surface area contributed by atoms with Gasteiger partial charge >= 0.3 is 12.1 Å². The van der Waals surface area contributed by atoms with Crippen LogP contribution < -0.4 is 9.62 Å². The first-order valence-corrected chi connectivity index (χ1v) is 15.5. The van der Waals surface area contributed by atoms with Crippen LogP contribution in [0, 0.1) is 5.82 Å². The van der Waals surface area contributed by atoms with Crippen LogP contribution in [0.4, 0.5) is 14.9 Å². The van der Waals surface area contributed by atoms with Crippen LogP contribution in [0.5, 0.6) is 0 Å². The van der Waals surface area contributed by atoms with E-state index in [0.717, 1.165) is 29.0 Å². The molecule has 10 nitrogen and oxygen atoms in total. The zero-order valence-corrected chi connectivity index (χ0v) is 25.1. The predicted molar refractivity (Wildman–Crippen MR) is 156 cm³/mol. The molecule has 1 N–H and O–H groups in total. The quantitative estimate of drug-likeness (QED) is 0.223. The van der Waals surface area contributed by atoms with Gasteiger partial charge in [0.2, 0.25) is 10.0 Å². The Balaban J connectivity index is 1.63. The van der Waals surface area contributed by atoms with Crippen molar-refractivity contribution in [2.75, 3.05) is 30.3 Å². The highest BCUT2D eigenvalue weighted by Gasteiger charge is 2.33. The average Bonchev–Trinajstić information content (AvgIpc) is 3.68. The van der Waals surface area contributed by atoms with Crippen molar-refractivity contribution in [1.82, 2.24) is 5.32 Å². The summed E-state index contributed by atoms with van der Waals surface area (Å²) in [6, 6.07) is 9.00. The van der Waals surface area contributed by atoms with Crippen LogP contribution in [-0.2, 0) is 24.3 Å². The molecule has 1 amide bonds. The Morgan fingerprint density at radius 3 is 2.36 bits per heavy atom. The van der Waals surface area contributed by atoms with Crippen LogP contribution in [0.3, 0.4) is 0 Å². The molecule has 0 radical (unpaired) electrons. The van der Waals surface area contributed by atoms with E-state index in [-0.39, 0.29) is 37.0 Å². The number of ether oxygens (including phenoxy) is 2. The van der Waals surface area contributed by atoms with Gasteiger partial charge in [-0.1, -0.05) is 6.92 Å². The summed E-state index contributed by atoms with van der Waals surface area (Å²) in [6.45, 7) is 5.89. The fraction of sp³-hybridized carbons (Fsp3) is 0.433. The molecule has 0 bridgehead atoms. The summed E-state index contributed by atoms with van der Waals surface area (Å²) < 4.78 is 57.1. The minimum absolute atomic E-state index is 0.0861. The Hall–Kier alpha value is -3.93. The number of alkyl carbamates (subject to hydrolysis) is 1. The highest BCUT2D eigenvalue weighted by Crippen LogP contribution is 2.48. The van der Waals surface area contributed by atoms with Crippen molar-refractivity contribution in [2.45, 2.75) is 58.5 Å². The Kier molecular flexibility index (Phi) is 8.95. The lowest BCUT2D eigenvalue weighted by Gasteiger charge is -2.25. The first-order valence-electron chi connectivity index (χ1n) is 13.7. The van der Waals surface area contributed by atoms with Crippen LogP contribution in [0.15, 0.2) is 40.8 Å². The van der Waals surface area contributed by atoms with E-state index in [2.05, 4.69) is 5.32 Å². The van der Waals surface area contributed by atoms with Gasteiger partial charge in [0.1, 0.15) is 35.9 Å². The van der Waals surface area contributed by atoms with Crippen molar-refractivity contribution in [3.05, 3.63) is 53.3 Å². The number of sulfonamides is 1. The molecule has 1 aromatic heterocycles. The number of carbonyl (C=O) groups excluding carboxylic acids is 3. The minimum atomic E-state index is -3.84. The normalized spacial score (nSPS) is 13.6. The summed E-state index contributed by atoms with van der Waals surface area (Å²) in [6.07, 6.45) is 2.19. The van der Waals surface area contributed by atoms with E-state index in [9.17, 15) is 27.2 Å². The van der Waals surface area contributed by atoms with Gasteiger partial charge in [-0.05, 0) is 75.4 Å². The van der Waals surface area contributed by atoms with Crippen LogP contribution in [-0.4, -0.2) is 57.8 Å². The molecule has 0 saturated heterocycles. The summed E-state index contributed by atoms with van der Waals surface area (Å²) in [5.74, 6) is -0.975. The lowest BCUT2D eigenvalue weighted by molar-refractivity contribution is -0.142. The Bertz CT molecular complexity index is 1600. The van der Waals surface area contributed by atoms with Crippen LogP contribution in [0.25, 0.3) is 22.3 Å². The van der Waals surface area contributed by atoms with Gasteiger partial charge in [-0.2, -0.15) is 0 Å². The van der Waals surface area contributed by atoms with Crippen LogP contribution >= 0.6 is 0 Å². The molecule has 0 spiro atoms. The van der Waals surface area contributed by atoms with Gasteiger partial charge in [-0.15, -0.1) is 0 Å². The average molecular weight is 603 g/mol. The van der Waals surface area contributed by atoms with E-state index in [1.807, 2.05) is 0 Å². The summed E-state index contributed by atoms with van der Waals surface area (Å²) in [7, 11) is -3.84. The zero-order valence-electron chi connectivity index (χ0n) is 24.3. The lowest BCUT2D eigenvalue weighted by Crippen LogP contribution is -2.37. The van der Waals surface area contributed by atoms with Crippen molar-refractivity contribution in [3.63, 3.8) is 0 Å². The number of anilines is 1. The highest BCUT2D eigenvalue weighted by molar-refractivity contribution is 7.92. The second kappa shape index (κ2) is 12.1. The number of hydrogen-bond donors (Lipinski definition) is 1. The SMILES string of the molecule is CCC(=O)c1c(-c2ccc(F)cc2)oc2cc(N(CCOC(=O)CNC(=O)OC(C)(C)C)S(C)(=O)=O)c(C3CC3)cc12. The third-order valence-corrected chi connectivity index (χ3v) is 7.74. The number of furan rings is 1. The van der Waals surface area contributed by atoms with Gasteiger partial charge in [0.15, 0.2) is 5.78 Å². The van der Waals surface area contributed by atoms with Gasteiger partial charge in [-0.3, -0.25) is 13.9 Å². The molecule has 0 atom stereocenters. The molecule has 1 aliphatic carbocycles. The molecule has 1 fully saturated rings. The number of carbonyl (C=O) groups is 3. The molecular weight excluding hydrogens is 567 g/mol. The number of halogens is 1. The van der Waals surface area contributed by atoms with E-state index in [1.165, 1.54) is 24.3 Å². The molecule has 2 aromatic carbocycles. The molecular formula is C30H35FN2O8S. The van der Waals surface area contributed by atoms with E-state index in [1.54, 1.807) is 39.8 Å². The fourth-order valence-corrected chi connectivity index (χ4v) is 5.48. The number of nitrogens with one attached hydrogen (secondary N) is 1. The number of nitrogens with zero attached hydrogens (tertiary/aromatic N) is 1. The molecule has 1 heterocycles. The fourth-order valence-electron chi connectivity index (χ4n) is 4.56. The number of Topliss-reactive ketones (excluding diaryl/α,β-unsaturated/α-hetero) is 1. The molecule has 0 unspecified atom stereocenters. The molecule has 3 aromatic rings. The first-order chi connectivity index (χ1) is 19.7. The maximum Gasteiger partial charge on any atom is 0.408 e. The Morgan fingerprint density at radius 2 is 1.79 bits per heavy atom. The number of rotatable bonds is 11. The zero-order chi connectivity index (χ0) is 30.8. The maximum absolute atomic E-state index is 13.6. The van der Waals surface area contributed by atoms with E-state index < -0.39 is 40.0 Å². The standard InChI is InChI=1S/C30H35FN2O8S/c1-6-24(34)27-22-15-21(18-7-8-18)23(16-25(22)40-28(27)19-9-11-20(31)12-10-19)33(42(5,37)38)13-14-39-26(35)17-32-29(36)41-30(2,3)4/h9-12,15-16,18H,6-8,13-14,17H2,1-5H3,(H,32,36). The smallest absolute Gasteiger partial charge is 0.408 e.